The van der Waals surface area contributed by atoms with Gasteiger partial charge in [-0.15, -0.1) is 0 Å². The predicted octanol–water partition coefficient (Wildman–Crippen LogP) is 2.12. The fourth-order valence-corrected chi connectivity index (χ4v) is 2.62. The van der Waals surface area contributed by atoms with Crippen molar-refractivity contribution in [1.82, 2.24) is 9.80 Å². The highest BCUT2D eigenvalue weighted by Crippen LogP contribution is 2.38. The second-order valence-corrected chi connectivity index (χ2v) is 5.38. The Bertz CT molecular complexity index is 340. The molecular weight excluding hydrogens is 228 g/mol. The maximum atomic E-state index is 12.1. The molecule has 0 unspecified atom stereocenters. The lowest BCUT2D eigenvalue weighted by molar-refractivity contribution is -0.177. The first kappa shape index (κ1) is 13.4. The summed E-state index contributed by atoms with van der Waals surface area (Å²) in [6.45, 7) is 11.3. The van der Waals surface area contributed by atoms with Crippen molar-refractivity contribution in [2.45, 2.75) is 27.2 Å². The average Bonchev–Trinajstić information content (AvgIpc) is 2.29. The molecule has 102 valence electrons. The second-order valence-electron chi connectivity index (χ2n) is 5.38. The Kier molecular flexibility index (Phi) is 3.95. The summed E-state index contributed by atoms with van der Waals surface area (Å²) in [6.07, 6.45) is 3.18. The van der Waals surface area contributed by atoms with Gasteiger partial charge >= 0.3 is 6.03 Å². The summed E-state index contributed by atoms with van der Waals surface area (Å²) in [4.78, 5) is 16.0. The van der Waals surface area contributed by atoms with Crippen molar-refractivity contribution in [3.05, 3.63) is 11.6 Å². The number of likely N-dealkylation sites (tertiary alicyclic amines) is 1. The summed E-state index contributed by atoms with van der Waals surface area (Å²) in [6, 6.07) is 0.210. The maximum Gasteiger partial charge on any atom is 0.320 e. The van der Waals surface area contributed by atoms with E-state index in [1.165, 1.54) is 5.57 Å². The maximum absolute atomic E-state index is 12.1. The van der Waals surface area contributed by atoms with Gasteiger partial charge in [0.05, 0.1) is 18.6 Å². The zero-order valence-electron chi connectivity index (χ0n) is 11.7. The van der Waals surface area contributed by atoms with Crippen LogP contribution in [0.25, 0.3) is 0 Å². The van der Waals surface area contributed by atoms with Crippen LogP contribution in [-0.4, -0.2) is 55.2 Å². The number of ether oxygens (including phenoxy) is 1. The summed E-state index contributed by atoms with van der Waals surface area (Å²) >= 11 is 0. The molecule has 18 heavy (non-hydrogen) atoms. The molecule has 2 fully saturated rings. The molecule has 3 heterocycles. The molecule has 0 aromatic heterocycles. The van der Waals surface area contributed by atoms with Gasteiger partial charge in [0, 0.05) is 26.2 Å². The van der Waals surface area contributed by atoms with E-state index in [9.17, 15) is 4.79 Å². The number of nitrogens with zero attached hydrogens (tertiary/aromatic N) is 2. The van der Waals surface area contributed by atoms with E-state index in [1.54, 1.807) is 0 Å². The number of carbonyl (C=O) groups is 1. The molecule has 3 aliphatic heterocycles. The quantitative estimate of drug-likeness (QED) is 0.619. The van der Waals surface area contributed by atoms with Crippen LogP contribution < -0.4 is 0 Å². The number of urea groups is 1. The highest BCUT2D eigenvalue weighted by atomic mass is 16.5. The minimum absolute atomic E-state index is 0.210. The van der Waals surface area contributed by atoms with Crippen molar-refractivity contribution < 1.29 is 9.53 Å². The number of amides is 2. The Hall–Kier alpha value is -1.03. The molecule has 0 bridgehead atoms. The molecule has 0 aliphatic carbocycles. The fourth-order valence-electron chi connectivity index (χ4n) is 2.62. The summed E-state index contributed by atoms with van der Waals surface area (Å²) in [5.74, 6) is 0. The van der Waals surface area contributed by atoms with E-state index in [0.29, 0.717) is 5.41 Å². The SMILES string of the molecule is CC.CC1=CCN(C(=O)N2CC3(COC3)C2)CC1. The molecule has 3 aliphatic rings. The topological polar surface area (TPSA) is 32.8 Å². The van der Waals surface area contributed by atoms with Gasteiger partial charge in [-0.3, -0.25) is 0 Å². The van der Waals surface area contributed by atoms with Gasteiger partial charge in [-0.1, -0.05) is 25.5 Å². The molecule has 3 rings (SSSR count). The minimum Gasteiger partial charge on any atom is -0.380 e. The molecule has 4 heteroatoms. The van der Waals surface area contributed by atoms with Gasteiger partial charge in [0.1, 0.15) is 0 Å². The van der Waals surface area contributed by atoms with Crippen LogP contribution in [0.1, 0.15) is 27.2 Å². The normalized spacial score (nSPS) is 24.5. The van der Waals surface area contributed by atoms with E-state index >= 15 is 0 Å². The smallest absolute Gasteiger partial charge is 0.320 e. The molecule has 2 amide bonds. The molecule has 0 aromatic carbocycles. The van der Waals surface area contributed by atoms with Crippen molar-refractivity contribution in [2.75, 3.05) is 39.4 Å². The molecule has 0 atom stereocenters. The second kappa shape index (κ2) is 5.31. The molecule has 1 spiro atoms. The lowest BCUT2D eigenvalue weighted by Gasteiger charge is -2.55. The first-order valence-corrected chi connectivity index (χ1v) is 6.96. The van der Waals surface area contributed by atoms with Gasteiger partial charge in [0.2, 0.25) is 0 Å². The van der Waals surface area contributed by atoms with Crippen LogP contribution in [-0.2, 0) is 4.74 Å². The first-order chi connectivity index (χ1) is 8.69. The third-order valence-corrected chi connectivity index (χ3v) is 3.85. The Labute approximate surface area is 110 Å². The van der Waals surface area contributed by atoms with E-state index in [1.807, 2.05) is 23.6 Å². The van der Waals surface area contributed by atoms with Crippen molar-refractivity contribution in [1.29, 1.82) is 0 Å². The van der Waals surface area contributed by atoms with E-state index < -0.39 is 0 Å². The standard InChI is InChI=1S/C12H18N2O2.C2H6/c1-10-2-4-13(5-3-10)11(15)14-6-12(7-14)8-16-9-12;1-2/h2H,3-9H2,1H3;1-2H3. The van der Waals surface area contributed by atoms with Crippen LogP contribution in [0.2, 0.25) is 0 Å². The third kappa shape index (κ3) is 2.39. The zero-order valence-corrected chi connectivity index (χ0v) is 11.7. The van der Waals surface area contributed by atoms with Gasteiger partial charge in [0.25, 0.3) is 0 Å². The van der Waals surface area contributed by atoms with Crippen LogP contribution in [0.15, 0.2) is 11.6 Å². The lowest BCUT2D eigenvalue weighted by Crippen LogP contribution is -2.68. The van der Waals surface area contributed by atoms with Crippen LogP contribution >= 0.6 is 0 Å². The van der Waals surface area contributed by atoms with Crippen LogP contribution in [0.3, 0.4) is 0 Å². The number of hydrogen-bond acceptors (Lipinski definition) is 2. The van der Waals surface area contributed by atoms with E-state index in [0.717, 1.165) is 45.8 Å². The molecule has 2 saturated heterocycles. The monoisotopic (exact) mass is 252 g/mol. The van der Waals surface area contributed by atoms with Gasteiger partial charge < -0.3 is 14.5 Å². The summed E-state index contributed by atoms with van der Waals surface area (Å²) in [5, 5.41) is 0. The highest BCUT2D eigenvalue weighted by molar-refractivity contribution is 5.76. The summed E-state index contributed by atoms with van der Waals surface area (Å²) in [7, 11) is 0. The molecule has 0 aromatic rings. The van der Waals surface area contributed by atoms with E-state index in [-0.39, 0.29) is 6.03 Å². The number of hydrogen-bond donors (Lipinski definition) is 0. The summed E-state index contributed by atoms with van der Waals surface area (Å²) < 4.78 is 5.21. The van der Waals surface area contributed by atoms with Crippen LogP contribution in [0.5, 0.6) is 0 Å². The molecular formula is C14H24N2O2. The predicted molar refractivity (Wildman–Crippen MR) is 71.5 cm³/mol. The van der Waals surface area contributed by atoms with Gasteiger partial charge in [-0.2, -0.15) is 0 Å². The largest absolute Gasteiger partial charge is 0.380 e. The van der Waals surface area contributed by atoms with E-state index in [2.05, 4.69) is 13.0 Å². The van der Waals surface area contributed by atoms with Gasteiger partial charge in [0.15, 0.2) is 0 Å². The lowest BCUT2D eigenvalue weighted by atomic mass is 9.78. The van der Waals surface area contributed by atoms with E-state index in [4.69, 9.17) is 4.74 Å². The van der Waals surface area contributed by atoms with Gasteiger partial charge in [-0.25, -0.2) is 4.79 Å². The molecule has 0 radical (unpaired) electrons. The van der Waals surface area contributed by atoms with Crippen molar-refractivity contribution in [2.24, 2.45) is 5.41 Å². The number of rotatable bonds is 0. The van der Waals surface area contributed by atoms with Crippen molar-refractivity contribution >= 4 is 6.03 Å². The Balaban J connectivity index is 0.000000574. The Morgan fingerprint density at radius 2 is 1.94 bits per heavy atom. The summed E-state index contributed by atoms with van der Waals surface area (Å²) in [5.41, 5.74) is 1.73. The third-order valence-electron chi connectivity index (χ3n) is 3.85. The Morgan fingerprint density at radius 3 is 2.39 bits per heavy atom. The zero-order chi connectivity index (χ0) is 13.2. The van der Waals surface area contributed by atoms with Gasteiger partial charge in [-0.05, 0) is 13.3 Å². The molecule has 4 nitrogen and oxygen atoms in total. The van der Waals surface area contributed by atoms with Crippen LogP contribution in [0, 0.1) is 5.41 Å². The van der Waals surface area contributed by atoms with Crippen molar-refractivity contribution in [3.8, 4) is 0 Å². The highest BCUT2D eigenvalue weighted by Gasteiger charge is 2.51. The minimum atomic E-state index is 0.210. The fraction of sp³-hybridized carbons (Fsp3) is 0.786. The molecule has 0 N–H and O–H groups in total. The van der Waals surface area contributed by atoms with Crippen LogP contribution in [0.4, 0.5) is 4.79 Å². The Morgan fingerprint density at radius 1 is 1.28 bits per heavy atom. The average molecular weight is 252 g/mol. The first-order valence-electron chi connectivity index (χ1n) is 6.96. The number of carbonyl (C=O) groups excluding carboxylic acids is 1. The molecule has 0 saturated carbocycles. The van der Waals surface area contributed by atoms with Crippen molar-refractivity contribution in [3.63, 3.8) is 0 Å².